The first-order valence-electron chi connectivity index (χ1n) is 12.6. The van der Waals surface area contributed by atoms with Gasteiger partial charge in [0, 0.05) is 44.3 Å². The summed E-state index contributed by atoms with van der Waals surface area (Å²) >= 11 is 0. The van der Waals surface area contributed by atoms with E-state index >= 15 is 0 Å². The summed E-state index contributed by atoms with van der Waals surface area (Å²) in [6.45, 7) is 8.30. The van der Waals surface area contributed by atoms with E-state index in [0.29, 0.717) is 18.7 Å². The SMILES string of the molecule is COc1ccc(CCN2CCN(C(=O)c3cc(-c4ccccc4)nc4c3cnn4C(C)C)CC2)cc1. The van der Waals surface area contributed by atoms with Gasteiger partial charge in [-0.1, -0.05) is 42.5 Å². The molecule has 7 heteroatoms. The van der Waals surface area contributed by atoms with E-state index in [1.54, 1.807) is 13.3 Å². The van der Waals surface area contributed by atoms with Crippen LogP contribution in [0.1, 0.15) is 35.8 Å². The van der Waals surface area contributed by atoms with Crippen LogP contribution in [0.4, 0.5) is 0 Å². The van der Waals surface area contributed by atoms with E-state index in [9.17, 15) is 4.79 Å². The Morgan fingerprint density at radius 2 is 1.72 bits per heavy atom. The average molecular weight is 484 g/mol. The number of pyridine rings is 1. The molecular weight excluding hydrogens is 450 g/mol. The highest BCUT2D eigenvalue weighted by Gasteiger charge is 2.25. The second kappa shape index (κ2) is 10.5. The first kappa shape index (κ1) is 24.0. The van der Waals surface area contributed by atoms with Gasteiger partial charge in [-0.25, -0.2) is 9.67 Å². The standard InChI is InChI=1S/C29H33N5O2/c1-21(2)34-28-26(20-30-34)25(19-27(31-28)23-7-5-4-6-8-23)29(35)33-17-15-32(16-18-33)14-13-22-9-11-24(36-3)12-10-22/h4-12,19-21H,13-18H2,1-3H3. The largest absolute Gasteiger partial charge is 0.497 e. The Kier molecular flexibility index (Phi) is 7.00. The molecule has 0 N–H and O–H groups in total. The lowest BCUT2D eigenvalue weighted by molar-refractivity contribution is 0.0640. The van der Waals surface area contributed by atoms with Crippen LogP contribution in [0.15, 0.2) is 66.9 Å². The van der Waals surface area contributed by atoms with Crippen LogP contribution in [0.2, 0.25) is 0 Å². The molecule has 5 rings (SSSR count). The number of methoxy groups -OCH3 is 1. The van der Waals surface area contributed by atoms with E-state index in [2.05, 4.69) is 36.0 Å². The fraction of sp³-hybridized carbons (Fsp3) is 0.345. The van der Waals surface area contributed by atoms with Crippen molar-refractivity contribution in [2.24, 2.45) is 0 Å². The molecule has 7 nitrogen and oxygen atoms in total. The lowest BCUT2D eigenvalue weighted by atomic mass is 10.1. The van der Waals surface area contributed by atoms with Gasteiger partial charge in [-0.2, -0.15) is 5.10 Å². The number of carbonyl (C=O) groups is 1. The van der Waals surface area contributed by atoms with Crippen molar-refractivity contribution in [2.75, 3.05) is 39.8 Å². The number of fused-ring (bicyclic) bond motifs is 1. The van der Waals surface area contributed by atoms with Crippen molar-refractivity contribution >= 4 is 16.9 Å². The minimum Gasteiger partial charge on any atom is -0.497 e. The second-order valence-electron chi connectivity index (χ2n) is 9.57. The van der Waals surface area contributed by atoms with Gasteiger partial charge >= 0.3 is 0 Å². The Labute approximate surface area is 212 Å². The van der Waals surface area contributed by atoms with Crippen LogP contribution in [0, 0.1) is 0 Å². The number of nitrogens with zero attached hydrogens (tertiary/aromatic N) is 5. The number of carbonyl (C=O) groups excluding carboxylic acids is 1. The Hall–Kier alpha value is -3.71. The number of ether oxygens (including phenoxy) is 1. The van der Waals surface area contributed by atoms with E-state index in [1.807, 2.05) is 58.1 Å². The normalized spacial score (nSPS) is 14.5. The molecule has 0 atom stereocenters. The first-order chi connectivity index (χ1) is 17.5. The average Bonchev–Trinajstić information content (AvgIpc) is 3.36. The van der Waals surface area contributed by atoms with Gasteiger partial charge in [0.05, 0.1) is 30.0 Å². The van der Waals surface area contributed by atoms with Gasteiger partial charge in [0.2, 0.25) is 0 Å². The highest BCUT2D eigenvalue weighted by atomic mass is 16.5. The molecule has 2 aromatic heterocycles. The van der Waals surface area contributed by atoms with Crippen molar-refractivity contribution in [1.29, 1.82) is 0 Å². The lowest BCUT2D eigenvalue weighted by Gasteiger charge is -2.35. The monoisotopic (exact) mass is 483 g/mol. The number of hydrogen-bond donors (Lipinski definition) is 0. The van der Waals surface area contributed by atoms with Gasteiger partial charge in [0.15, 0.2) is 5.65 Å². The van der Waals surface area contributed by atoms with Gasteiger partial charge < -0.3 is 9.64 Å². The fourth-order valence-electron chi connectivity index (χ4n) is 4.75. The van der Waals surface area contributed by atoms with Gasteiger partial charge in [0.25, 0.3) is 5.91 Å². The number of benzene rings is 2. The van der Waals surface area contributed by atoms with Gasteiger partial charge in [0.1, 0.15) is 5.75 Å². The molecule has 1 amide bonds. The van der Waals surface area contributed by atoms with E-state index < -0.39 is 0 Å². The summed E-state index contributed by atoms with van der Waals surface area (Å²) in [5.74, 6) is 0.933. The van der Waals surface area contributed by atoms with Crippen molar-refractivity contribution in [3.05, 3.63) is 78.0 Å². The molecule has 3 heterocycles. The number of hydrogen-bond acceptors (Lipinski definition) is 5. The summed E-state index contributed by atoms with van der Waals surface area (Å²) in [6, 6.07) is 20.4. The molecule has 0 bridgehead atoms. The molecule has 1 fully saturated rings. The number of rotatable bonds is 7. The number of amides is 1. The van der Waals surface area contributed by atoms with Crippen molar-refractivity contribution in [1.82, 2.24) is 24.6 Å². The Bertz CT molecular complexity index is 1320. The smallest absolute Gasteiger partial charge is 0.254 e. The molecule has 2 aromatic carbocycles. The summed E-state index contributed by atoms with van der Waals surface area (Å²) in [5.41, 5.74) is 4.52. The molecule has 1 aliphatic rings. The molecule has 0 spiro atoms. The van der Waals surface area contributed by atoms with E-state index in [4.69, 9.17) is 9.72 Å². The quantitative estimate of drug-likeness (QED) is 0.382. The van der Waals surface area contributed by atoms with Crippen LogP contribution in [-0.4, -0.2) is 70.3 Å². The van der Waals surface area contributed by atoms with E-state index in [-0.39, 0.29) is 11.9 Å². The molecule has 0 unspecified atom stereocenters. The highest BCUT2D eigenvalue weighted by molar-refractivity contribution is 6.06. The zero-order valence-corrected chi connectivity index (χ0v) is 21.2. The van der Waals surface area contributed by atoms with Crippen molar-refractivity contribution in [3.63, 3.8) is 0 Å². The summed E-state index contributed by atoms with van der Waals surface area (Å²) in [6.07, 6.45) is 2.77. The van der Waals surface area contributed by atoms with Gasteiger partial charge in [-0.3, -0.25) is 9.69 Å². The highest BCUT2D eigenvalue weighted by Crippen LogP contribution is 2.27. The molecule has 186 valence electrons. The number of aromatic nitrogens is 3. The number of piperazine rings is 1. The van der Waals surface area contributed by atoms with E-state index in [1.165, 1.54) is 5.56 Å². The molecule has 1 saturated heterocycles. The molecule has 4 aromatic rings. The van der Waals surface area contributed by atoms with Crippen molar-refractivity contribution in [2.45, 2.75) is 26.3 Å². The molecule has 1 aliphatic heterocycles. The molecule has 0 aliphatic carbocycles. The van der Waals surface area contributed by atoms with Crippen LogP contribution in [0.3, 0.4) is 0 Å². The maximum atomic E-state index is 13.8. The summed E-state index contributed by atoms with van der Waals surface area (Å²) < 4.78 is 7.15. The Balaban J connectivity index is 1.32. The molecule has 0 saturated carbocycles. The summed E-state index contributed by atoms with van der Waals surface area (Å²) in [7, 11) is 1.69. The zero-order chi connectivity index (χ0) is 25.1. The fourth-order valence-corrected chi connectivity index (χ4v) is 4.75. The Morgan fingerprint density at radius 1 is 1.00 bits per heavy atom. The topological polar surface area (TPSA) is 63.5 Å². The van der Waals surface area contributed by atoms with Crippen LogP contribution < -0.4 is 4.74 Å². The predicted molar refractivity (Wildman–Crippen MR) is 142 cm³/mol. The summed E-state index contributed by atoms with van der Waals surface area (Å²) in [4.78, 5) is 23.1. The van der Waals surface area contributed by atoms with Gasteiger partial charge in [-0.05, 0) is 44.0 Å². The first-order valence-corrected chi connectivity index (χ1v) is 12.6. The zero-order valence-electron chi connectivity index (χ0n) is 21.2. The third-order valence-corrected chi connectivity index (χ3v) is 6.89. The van der Waals surface area contributed by atoms with Gasteiger partial charge in [-0.15, -0.1) is 0 Å². The molecular formula is C29H33N5O2. The maximum Gasteiger partial charge on any atom is 0.254 e. The van der Waals surface area contributed by atoms with E-state index in [0.717, 1.165) is 54.1 Å². The summed E-state index contributed by atoms with van der Waals surface area (Å²) in [5, 5.41) is 5.38. The van der Waals surface area contributed by atoms with Crippen molar-refractivity contribution in [3.8, 4) is 17.0 Å². The van der Waals surface area contributed by atoms with Crippen LogP contribution >= 0.6 is 0 Å². The molecule has 0 radical (unpaired) electrons. The minimum atomic E-state index is 0.0534. The van der Waals surface area contributed by atoms with Crippen molar-refractivity contribution < 1.29 is 9.53 Å². The maximum absolute atomic E-state index is 13.8. The van der Waals surface area contributed by atoms with Crippen LogP contribution in [0.25, 0.3) is 22.3 Å². The van der Waals surface area contributed by atoms with Crippen LogP contribution in [0.5, 0.6) is 5.75 Å². The van der Waals surface area contributed by atoms with Crippen LogP contribution in [-0.2, 0) is 6.42 Å². The Morgan fingerprint density at radius 3 is 2.39 bits per heavy atom. The minimum absolute atomic E-state index is 0.0534. The molecule has 36 heavy (non-hydrogen) atoms. The second-order valence-corrected chi connectivity index (χ2v) is 9.57. The lowest BCUT2D eigenvalue weighted by Crippen LogP contribution is -2.49. The third kappa shape index (κ3) is 4.97. The third-order valence-electron chi connectivity index (χ3n) is 6.89. The predicted octanol–water partition coefficient (Wildman–Crippen LogP) is 4.69.